The molecule has 3 unspecified atom stereocenters. The molecule has 1 aromatic carbocycles. The number of amides is 4. The quantitative estimate of drug-likeness (QED) is 0.786. The van der Waals surface area contributed by atoms with Gasteiger partial charge in [0.25, 0.3) is 0 Å². The van der Waals surface area contributed by atoms with Crippen molar-refractivity contribution in [2.75, 3.05) is 6.54 Å². The molecule has 0 spiro atoms. The van der Waals surface area contributed by atoms with Gasteiger partial charge in [-0.3, -0.25) is 14.5 Å². The van der Waals surface area contributed by atoms with Crippen LogP contribution in [0.3, 0.4) is 0 Å². The SMILES string of the molecule is O=C(NCc1ccco1)C1CCC2C(=O)N(CCc3ccccc3)C(=O)NC2C1. The lowest BCUT2D eigenvalue weighted by Gasteiger charge is -2.42. The Bertz CT molecular complexity index is 865. The molecule has 152 valence electrons. The van der Waals surface area contributed by atoms with E-state index in [-0.39, 0.29) is 35.7 Å². The molecule has 7 heteroatoms. The van der Waals surface area contributed by atoms with E-state index in [0.29, 0.717) is 44.5 Å². The van der Waals surface area contributed by atoms with Gasteiger partial charge in [-0.1, -0.05) is 30.3 Å². The molecule has 2 aliphatic rings. The van der Waals surface area contributed by atoms with Gasteiger partial charge in [-0.25, -0.2) is 4.79 Å². The Hall–Kier alpha value is -3.09. The number of furan rings is 1. The van der Waals surface area contributed by atoms with Crippen molar-refractivity contribution in [3.63, 3.8) is 0 Å². The van der Waals surface area contributed by atoms with Gasteiger partial charge in [0.2, 0.25) is 11.8 Å². The summed E-state index contributed by atoms with van der Waals surface area (Å²) in [6.07, 6.45) is 3.93. The molecule has 4 rings (SSSR count). The number of imide groups is 1. The second-order valence-corrected chi connectivity index (χ2v) is 7.70. The van der Waals surface area contributed by atoms with E-state index in [9.17, 15) is 14.4 Å². The van der Waals surface area contributed by atoms with Gasteiger partial charge in [-0.05, 0) is 43.4 Å². The number of urea groups is 1. The van der Waals surface area contributed by atoms with Crippen molar-refractivity contribution >= 4 is 17.8 Å². The summed E-state index contributed by atoms with van der Waals surface area (Å²) >= 11 is 0. The van der Waals surface area contributed by atoms with Crippen molar-refractivity contribution in [1.29, 1.82) is 0 Å². The van der Waals surface area contributed by atoms with Crippen molar-refractivity contribution < 1.29 is 18.8 Å². The minimum Gasteiger partial charge on any atom is -0.467 e. The predicted molar refractivity (Wildman–Crippen MR) is 106 cm³/mol. The maximum absolute atomic E-state index is 12.9. The highest BCUT2D eigenvalue weighted by Gasteiger charge is 2.45. The molecule has 2 aromatic rings. The fraction of sp³-hybridized carbons (Fsp3) is 0.409. The van der Waals surface area contributed by atoms with Gasteiger partial charge in [0.15, 0.2) is 0 Å². The van der Waals surface area contributed by atoms with Crippen LogP contribution in [-0.4, -0.2) is 35.3 Å². The first-order valence-corrected chi connectivity index (χ1v) is 10.1. The standard InChI is InChI=1S/C22H25N3O4/c26-20(23-14-17-7-4-12-29-17)16-8-9-18-19(13-16)24-22(28)25(21(18)27)11-10-15-5-2-1-3-6-15/h1-7,12,16,18-19H,8-11,13-14H2,(H,23,26)(H,24,28). The number of nitrogens with one attached hydrogen (secondary N) is 2. The molecule has 1 aromatic heterocycles. The smallest absolute Gasteiger partial charge is 0.324 e. The third-order valence-electron chi connectivity index (χ3n) is 5.84. The van der Waals surface area contributed by atoms with Crippen LogP contribution in [-0.2, 0) is 22.6 Å². The third kappa shape index (κ3) is 4.34. The Morgan fingerprint density at radius 2 is 1.97 bits per heavy atom. The van der Waals surface area contributed by atoms with Crippen LogP contribution in [0, 0.1) is 11.8 Å². The van der Waals surface area contributed by atoms with Crippen molar-refractivity contribution in [3.05, 3.63) is 60.1 Å². The van der Waals surface area contributed by atoms with E-state index in [1.54, 1.807) is 18.4 Å². The zero-order valence-corrected chi connectivity index (χ0v) is 16.2. The predicted octanol–water partition coefficient (Wildman–Crippen LogP) is 2.48. The molecule has 2 N–H and O–H groups in total. The van der Waals surface area contributed by atoms with E-state index in [4.69, 9.17) is 4.42 Å². The van der Waals surface area contributed by atoms with Crippen LogP contribution in [0.5, 0.6) is 0 Å². The Morgan fingerprint density at radius 3 is 2.72 bits per heavy atom. The zero-order valence-electron chi connectivity index (χ0n) is 16.2. The second kappa shape index (κ2) is 8.51. The van der Waals surface area contributed by atoms with Crippen LogP contribution in [0.2, 0.25) is 0 Å². The second-order valence-electron chi connectivity index (χ2n) is 7.70. The van der Waals surface area contributed by atoms with E-state index in [1.165, 1.54) is 4.90 Å². The molecule has 2 heterocycles. The highest BCUT2D eigenvalue weighted by Crippen LogP contribution is 2.33. The lowest BCUT2D eigenvalue weighted by molar-refractivity contribution is -0.139. The van der Waals surface area contributed by atoms with Gasteiger partial charge >= 0.3 is 6.03 Å². The number of benzene rings is 1. The molecule has 0 bridgehead atoms. The van der Waals surface area contributed by atoms with Gasteiger partial charge < -0.3 is 15.1 Å². The highest BCUT2D eigenvalue weighted by molar-refractivity contribution is 5.99. The van der Waals surface area contributed by atoms with Gasteiger partial charge in [0.1, 0.15) is 5.76 Å². The summed E-state index contributed by atoms with van der Waals surface area (Å²) in [6.45, 7) is 0.708. The van der Waals surface area contributed by atoms with E-state index >= 15 is 0 Å². The molecular formula is C22H25N3O4. The highest BCUT2D eigenvalue weighted by atomic mass is 16.3. The van der Waals surface area contributed by atoms with E-state index in [2.05, 4.69) is 10.6 Å². The van der Waals surface area contributed by atoms with Crippen LogP contribution >= 0.6 is 0 Å². The summed E-state index contributed by atoms with van der Waals surface area (Å²) in [7, 11) is 0. The van der Waals surface area contributed by atoms with E-state index in [0.717, 1.165) is 5.56 Å². The van der Waals surface area contributed by atoms with Crippen LogP contribution in [0.25, 0.3) is 0 Å². The Balaban J connectivity index is 1.32. The minimum atomic E-state index is -0.358. The average molecular weight is 395 g/mol. The summed E-state index contributed by atoms with van der Waals surface area (Å²) in [5.74, 6) is 0.0483. The van der Waals surface area contributed by atoms with Crippen molar-refractivity contribution in [2.45, 2.75) is 38.3 Å². The molecule has 4 amide bonds. The number of carbonyl (C=O) groups excluding carboxylic acids is 3. The van der Waals surface area contributed by atoms with Crippen LogP contribution in [0.4, 0.5) is 4.79 Å². The van der Waals surface area contributed by atoms with Crippen LogP contribution < -0.4 is 10.6 Å². The fourth-order valence-electron chi connectivity index (χ4n) is 4.23. The van der Waals surface area contributed by atoms with Crippen molar-refractivity contribution in [2.24, 2.45) is 11.8 Å². The fourth-order valence-corrected chi connectivity index (χ4v) is 4.23. The van der Waals surface area contributed by atoms with Crippen molar-refractivity contribution in [1.82, 2.24) is 15.5 Å². The van der Waals surface area contributed by atoms with Gasteiger partial charge in [-0.2, -0.15) is 0 Å². The topological polar surface area (TPSA) is 91.7 Å². The Morgan fingerprint density at radius 1 is 1.14 bits per heavy atom. The first kappa shape index (κ1) is 19.2. The molecule has 1 aliphatic carbocycles. The lowest BCUT2D eigenvalue weighted by atomic mass is 9.76. The normalized spacial score (nSPS) is 24.0. The minimum absolute atomic E-state index is 0.0620. The number of carbonyl (C=O) groups is 3. The lowest BCUT2D eigenvalue weighted by Crippen LogP contribution is -2.62. The molecule has 1 saturated carbocycles. The summed E-state index contributed by atoms with van der Waals surface area (Å²) in [6, 6.07) is 12.8. The maximum Gasteiger partial charge on any atom is 0.324 e. The third-order valence-corrected chi connectivity index (χ3v) is 5.84. The monoisotopic (exact) mass is 395 g/mol. The molecule has 0 radical (unpaired) electrons. The Labute approximate surface area is 169 Å². The first-order valence-electron chi connectivity index (χ1n) is 10.1. The molecule has 2 fully saturated rings. The van der Waals surface area contributed by atoms with Crippen LogP contribution in [0.15, 0.2) is 53.1 Å². The molecule has 29 heavy (non-hydrogen) atoms. The summed E-state index contributed by atoms with van der Waals surface area (Å²) < 4.78 is 5.23. The maximum atomic E-state index is 12.9. The summed E-state index contributed by atoms with van der Waals surface area (Å²) in [4.78, 5) is 39.2. The number of hydrogen-bond donors (Lipinski definition) is 2. The molecule has 7 nitrogen and oxygen atoms in total. The summed E-state index contributed by atoms with van der Waals surface area (Å²) in [5, 5.41) is 5.84. The molecule has 1 saturated heterocycles. The molecule has 3 atom stereocenters. The number of rotatable bonds is 6. The zero-order chi connectivity index (χ0) is 20.2. The van der Waals surface area contributed by atoms with Gasteiger partial charge in [-0.15, -0.1) is 0 Å². The van der Waals surface area contributed by atoms with Crippen molar-refractivity contribution in [3.8, 4) is 0 Å². The Kier molecular flexibility index (Phi) is 5.64. The van der Waals surface area contributed by atoms with Crippen LogP contribution in [0.1, 0.15) is 30.6 Å². The number of fused-ring (bicyclic) bond motifs is 1. The number of nitrogens with zero attached hydrogens (tertiary/aromatic N) is 1. The van der Waals surface area contributed by atoms with E-state index < -0.39 is 0 Å². The van der Waals surface area contributed by atoms with E-state index in [1.807, 2.05) is 30.3 Å². The average Bonchev–Trinajstić information content (AvgIpc) is 3.26. The van der Waals surface area contributed by atoms with Gasteiger partial charge in [0, 0.05) is 18.5 Å². The molecule has 1 aliphatic heterocycles. The number of hydrogen-bond acceptors (Lipinski definition) is 4. The first-order chi connectivity index (χ1) is 14.1. The van der Waals surface area contributed by atoms with Gasteiger partial charge in [0.05, 0.1) is 18.7 Å². The largest absolute Gasteiger partial charge is 0.467 e. The molecular weight excluding hydrogens is 370 g/mol. The summed E-state index contributed by atoms with van der Waals surface area (Å²) in [5.41, 5.74) is 1.09.